The average Bonchev–Trinajstić information content (AvgIpc) is 2.68. The van der Waals surface area contributed by atoms with Gasteiger partial charge in [0.15, 0.2) is 0 Å². The first kappa shape index (κ1) is 23.4. The first-order chi connectivity index (χ1) is 14.1. The van der Waals surface area contributed by atoms with Gasteiger partial charge in [0, 0.05) is 6.54 Å². The number of carbonyl (C=O) groups is 2. The van der Waals surface area contributed by atoms with E-state index in [0.29, 0.717) is 23.5 Å². The monoisotopic (exact) mass is 431 g/mol. The van der Waals surface area contributed by atoms with Crippen molar-refractivity contribution < 1.29 is 18.0 Å². The van der Waals surface area contributed by atoms with Crippen molar-refractivity contribution >= 4 is 33.2 Å². The Labute approximate surface area is 178 Å². The third kappa shape index (κ3) is 6.06. The summed E-state index contributed by atoms with van der Waals surface area (Å²) in [6.45, 7) is 5.88. The number of unbranched alkanes of at least 4 members (excludes halogenated alkanes) is 1. The quantitative estimate of drug-likeness (QED) is 0.596. The molecule has 0 bridgehead atoms. The molecule has 2 aromatic carbocycles. The summed E-state index contributed by atoms with van der Waals surface area (Å²) in [5.41, 5.74) is 2.84. The molecule has 2 aromatic rings. The topological polar surface area (TPSA) is 95.6 Å². The summed E-state index contributed by atoms with van der Waals surface area (Å²) in [6.07, 6.45) is 2.88. The van der Waals surface area contributed by atoms with Gasteiger partial charge in [-0.15, -0.1) is 0 Å². The van der Waals surface area contributed by atoms with Crippen molar-refractivity contribution in [3.63, 3.8) is 0 Å². The zero-order chi connectivity index (χ0) is 22.3. The van der Waals surface area contributed by atoms with Crippen LogP contribution in [-0.2, 0) is 14.8 Å². The zero-order valence-electron chi connectivity index (χ0n) is 17.9. The van der Waals surface area contributed by atoms with Gasteiger partial charge in [0.1, 0.15) is 6.54 Å². The third-order valence-electron chi connectivity index (χ3n) is 4.79. The van der Waals surface area contributed by atoms with Crippen molar-refractivity contribution in [3.8, 4) is 0 Å². The summed E-state index contributed by atoms with van der Waals surface area (Å²) < 4.78 is 25.9. The van der Waals surface area contributed by atoms with E-state index < -0.39 is 22.5 Å². The van der Waals surface area contributed by atoms with E-state index in [-0.39, 0.29) is 5.91 Å². The van der Waals surface area contributed by atoms with Crippen LogP contribution in [0, 0.1) is 13.8 Å². The highest BCUT2D eigenvalue weighted by molar-refractivity contribution is 7.92. The zero-order valence-corrected chi connectivity index (χ0v) is 18.7. The molecule has 8 heteroatoms. The maximum Gasteiger partial charge on any atom is 0.253 e. The third-order valence-corrected chi connectivity index (χ3v) is 5.92. The van der Waals surface area contributed by atoms with Crippen LogP contribution in [0.5, 0.6) is 0 Å². The molecule has 0 aromatic heterocycles. The molecule has 0 heterocycles. The normalized spacial score (nSPS) is 11.1. The number of hydrogen-bond acceptors (Lipinski definition) is 4. The first-order valence-corrected chi connectivity index (χ1v) is 11.7. The molecule has 0 unspecified atom stereocenters. The molecular weight excluding hydrogens is 402 g/mol. The van der Waals surface area contributed by atoms with Crippen LogP contribution in [0.3, 0.4) is 0 Å². The predicted molar refractivity (Wildman–Crippen MR) is 120 cm³/mol. The number of rotatable bonds is 9. The molecule has 0 radical (unpaired) electrons. The molecular formula is C22H29N3O4S. The predicted octanol–water partition coefficient (Wildman–Crippen LogP) is 3.24. The van der Waals surface area contributed by atoms with E-state index in [1.165, 1.54) is 0 Å². The van der Waals surface area contributed by atoms with E-state index >= 15 is 0 Å². The molecule has 162 valence electrons. The second-order valence-electron chi connectivity index (χ2n) is 7.19. The largest absolute Gasteiger partial charge is 0.352 e. The summed E-state index contributed by atoms with van der Waals surface area (Å²) in [4.78, 5) is 25.2. The summed E-state index contributed by atoms with van der Waals surface area (Å²) in [6, 6.07) is 12.0. The number of anilines is 2. The molecule has 0 aliphatic heterocycles. The number of nitrogens with zero attached hydrogens (tertiary/aromatic N) is 1. The van der Waals surface area contributed by atoms with Gasteiger partial charge in [0.05, 0.1) is 23.2 Å². The van der Waals surface area contributed by atoms with Crippen LogP contribution in [0.1, 0.15) is 41.3 Å². The van der Waals surface area contributed by atoms with Gasteiger partial charge in [0.2, 0.25) is 15.9 Å². The van der Waals surface area contributed by atoms with Gasteiger partial charge < -0.3 is 10.6 Å². The number of carbonyl (C=O) groups excluding carboxylic acids is 2. The Morgan fingerprint density at radius 3 is 2.40 bits per heavy atom. The van der Waals surface area contributed by atoms with Crippen LogP contribution < -0.4 is 14.9 Å². The minimum atomic E-state index is -3.69. The second kappa shape index (κ2) is 10.2. The van der Waals surface area contributed by atoms with Crippen LogP contribution in [0.2, 0.25) is 0 Å². The van der Waals surface area contributed by atoms with E-state index in [1.807, 2.05) is 26.8 Å². The molecule has 30 heavy (non-hydrogen) atoms. The highest BCUT2D eigenvalue weighted by Crippen LogP contribution is 2.25. The van der Waals surface area contributed by atoms with E-state index in [1.54, 1.807) is 36.4 Å². The van der Waals surface area contributed by atoms with Gasteiger partial charge in [-0.2, -0.15) is 0 Å². The van der Waals surface area contributed by atoms with Gasteiger partial charge in [0.25, 0.3) is 5.91 Å². The highest BCUT2D eigenvalue weighted by Gasteiger charge is 2.23. The minimum Gasteiger partial charge on any atom is -0.352 e. The number of para-hydroxylation sites is 1. The number of hydrogen-bond donors (Lipinski definition) is 2. The van der Waals surface area contributed by atoms with Gasteiger partial charge >= 0.3 is 0 Å². The van der Waals surface area contributed by atoms with Crippen molar-refractivity contribution in [3.05, 3.63) is 59.2 Å². The first-order valence-electron chi connectivity index (χ1n) is 9.86. The molecule has 0 spiro atoms. The van der Waals surface area contributed by atoms with Crippen LogP contribution >= 0.6 is 0 Å². The van der Waals surface area contributed by atoms with Crippen molar-refractivity contribution in [2.45, 2.75) is 33.6 Å². The van der Waals surface area contributed by atoms with Crippen LogP contribution in [0.4, 0.5) is 11.4 Å². The summed E-state index contributed by atoms with van der Waals surface area (Å²) in [5.74, 6) is -0.816. The Balaban J connectivity index is 2.23. The number of benzene rings is 2. The Kier molecular flexibility index (Phi) is 8.00. The lowest BCUT2D eigenvalue weighted by Gasteiger charge is -2.24. The fourth-order valence-electron chi connectivity index (χ4n) is 2.97. The Morgan fingerprint density at radius 1 is 1.03 bits per heavy atom. The molecule has 2 amide bonds. The van der Waals surface area contributed by atoms with E-state index in [0.717, 1.165) is 34.5 Å². The lowest BCUT2D eigenvalue weighted by Crippen LogP contribution is -2.38. The smallest absolute Gasteiger partial charge is 0.253 e. The maximum absolute atomic E-state index is 12.7. The Bertz CT molecular complexity index is 1020. The molecule has 0 saturated heterocycles. The molecule has 7 nitrogen and oxygen atoms in total. The summed E-state index contributed by atoms with van der Waals surface area (Å²) >= 11 is 0. The van der Waals surface area contributed by atoms with Crippen molar-refractivity contribution in [1.29, 1.82) is 0 Å². The number of aryl methyl sites for hydroxylation is 1. The lowest BCUT2D eigenvalue weighted by atomic mass is 10.1. The lowest BCUT2D eigenvalue weighted by molar-refractivity contribution is -0.114. The number of sulfonamides is 1. The highest BCUT2D eigenvalue weighted by atomic mass is 32.2. The number of amides is 2. The molecule has 0 fully saturated rings. The molecule has 0 atom stereocenters. The van der Waals surface area contributed by atoms with Crippen molar-refractivity contribution in [2.75, 3.05) is 29.0 Å². The fourth-order valence-corrected chi connectivity index (χ4v) is 3.88. The second-order valence-corrected chi connectivity index (χ2v) is 9.10. The summed E-state index contributed by atoms with van der Waals surface area (Å²) in [7, 11) is -3.69. The number of nitrogens with one attached hydrogen (secondary N) is 2. The fraction of sp³-hybridized carbons (Fsp3) is 0.364. The molecule has 2 rings (SSSR count). The van der Waals surface area contributed by atoms with Crippen LogP contribution in [-0.4, -0.2) is 39.6 Å². The van der Waals surface area contributed by atoms with E-state index in [9.17, 15) is 18.0 Å². The SMILES string of the molecule is CCCCNC(=O)c1ccccc1NC(=O)CN(c1cccc(C)c1C)S(C)(=O)=O. The standard InChI is InChI=1S/C22H29N3O4S/c1-5-6-14-23-22(27)18-11-7-8-12-19(18)24-21(26)15-25(30(4,28)29)20-13-9-10-16(2)17(20)3/h7-13H,5-6,14-15H2,1-4H3,(H,23,27)(H,24,26). The maximum atomic E-state index is 12.7. The summed E-state index contributed by atoms with van der Waals surface area (Å²) in [5, 5.41) is 5.50. The van der Waals surface area contributed by atoms with Crippen LogP contribution in [0.15, 0.2) is 42.5 Å². The van der Waals surface area contributed by atoms with Gasteiger partial charge in [-0.25, -0.2) is 8.42 Å². The molecule has 2 N–H and O–H groups in total. The molecule has 0 saturated carbocycles. The molecule has 0 aliphatic carbocycles. The van der Waals surface area contributed by atoms with E-state index in [2.05, 4.69) is 10.6 Å². The van der Waals surface area contributed by atoms with Gasteiger partial charge in [-0.3, -0.25) is 13.9 Å². The Morgan fingerprint density at radius 2 is 1.73 bits per heavy atom. The average molecular weight is 432 g/mol. The van der Waals surface area contributed by atoms with Crippen molar-refractivity contribution in [1.82, 2.24) is 5.32 Å². The van der Waals surface area contributed by atoms with Gasteiger partial charge in [-0.05, 0) is 49.6 Å². The van der Waals surface area contributed by atoms with Gasteiger partial charge in [-0.1, -0.05) is 37.6 Å². The minimum absolute atomic E-state index is 0.283. The molecule has 0 aliphatic rings. The van der Waals surface area contributed by atoms with Crippen LogP contribution in [0.25, 0.3) is 0 Å². The van der Waals surface area contributed by atoms with Crippen molar-refractivity contribution in [2.24, 2.45) is 0 Å². The Hall–Kier alpha value is -2.87. The van der Waals surface area contributed by atoms with E-state index in [4.69, 9.17) is 0 Å².